The highest BCUT2D eigenvalue weighted by Crippen LogP contribution is 2.38. The van der Waals surface area contributed by atoms with Crippen molar-refractivity contribution in [2.45, 2.75) is 52.4 Å². The van der Waals surface area contributed by atoms with Gasteiger partial charge in [0.05, 0.1) is 14.2 Å². The van der Waals surface area contributed by atoms with Crippen LogP contribution < -0.4 is 9.47 Å². The highest BCUT2D eigenvalue weighted by molar-refractivity contribution is 5.75. The second-order valence-electron chi connectivity index (χ2n) is 9.91. The number of hydrogen-bond donors (Lipinski definition) is 0. The summed E-state index contributed by atoms with van der Waals surface area (Å²) in [5.74, 6) is 1.87. The van der Waals surface area contributed by atoms with Crippen molar-refractivity contribution in [3.8, 4) is 33.8 Å². The fourth-order valence-corrected chi connectivity index (χ4v) is 3.83. The third-order valence-electron chi connectivity index (χ3n) is 5.54. The second kappa shape index (κ2) is 8.18. The summed E-state index contributed by atoms with van der Waals surface area (Å²) < 4.78 is 11.2. The molecule has 0 saturated heterocycles. The highest BCUT2D eigenvalue weighted by Gasteiger charge is 2.21. The van der Waals surface area contributed by atoms with Crippen molar-refractivity contribution in [1.82, 2.24) is 0 Å². The SMILES string of the molecule is COc1ccc(-c2cccc(-c3ccc(OC)c(C(C)(C)C)c3)c2)cc1C(C)(C)C. The van der Waals surface area contributed by atoms with Gasteiger partial charge in [-0.1, -0.05) is 71.9 Å². The Kier molecular flexibility index (Phi) is 5.99. The molecule has 0 aliphatic carbocycles. The molecule has 0 heterocycles. The molecule has 0 bridgehead atoms. The van der Waals surface area contributed by atoms with E-state index in [0.717, 1.165) is 11.5 Å². The number of ether oxygens (including phenoxy) is 2. The zero-order valence-corrected chi connectivity index (χ0v) is 19.6. The van der Waals surface area contributed by atoms with Crippen LogP contribution in [0.3, 0.4) is 0 Å². The molecule has 0 aromatic heterocycles. The summed E-state index contributed by atoms with van der Waals surface area (Å²) in [7, 11) is 3.47. The maximum Gasteiger partial charge on any atom is 0.122 e. The minimum absolute atomic E-state index is 0.0105. The van der Waals surface area contributed by atoms with Gasteiger partial charge in [-0.05, 0) is 63.4 Å². The Bertz CT molecular complexity index is 952. The number of benzene rings is 3. The Morgan fingerprint density at radius 2 is 0.867 bits per heavy atom. The second-order valence-corrected chi connectivity index (χ2v) is 9.91. The largest absolute Gasteiger partial charge is 0.496 e. The first-order valence-electron chi connectivity index (χ1n) is 10.5. The predicted molar refractivity (Wildman–Crippen MR) is 128 cm³/mol. The van der Waals surface area contributed by atoms with Gasteiger partial charge in [0.2, 0.25) is 0 Å². The molecule has 0 amide bonds. The molecular formula is C28H34O2. The first kappa shape index (κ1) is 22.0. The van der Waals surface area contributed by atoms with Crippen LogP contribution in [0.1, 0.15) is 52.7 Å². The van der Waals surface area contributed by atoms with Crippen molar-refractivity contribution >= 4 is 0 Å². The zero-order valence-electron chi connectivity index (χ0n) is 19.6. The van der Waals surface area contributed by atoms with E-state index in [0.29, 0.717) is 0 Å². The van der Waals surface area contributed by atoms with Crippen LogP contribution >= 0.6 is 0 Å². The average molecular weight is 403 g/mol. The van der Waals surface area contributed by atoms with E-state index < -0.39 is 0 Å². The third kappa shape index (κ3) is 4.53. The number of hydrogen-bond acceptors (Lipinski definition) is 2. The summed E-state index contributed by atoms with van der Waals surface area (Å²) in [5.41, 5.74) is 7.26. The van der Waals surface area contributed by atoms with Gasteiger partial charge >= 0.3 is 0 Å². The fourth-order valence-electron chi connectivity index (χ4n) is 3.83. The summed E-state index contributed by atoms with van der Waals surface area (Å²) >= 11 is 0. The van der Waals surface area contributed by atoms with Crippen molar-refractivity contribution < 1.29 is 9.47 Å². The standard InChI is InChI=1S/C28H34O2/c1-27(2,3)23-17-21(12-14-25(23)29-7)19-10-9-11-20(16-19)22-13-15-26(30-8)24(18-22)28(4,5)6/h9-18H,1-8H3. The van der Waals surface area contributed by atoms with Crippen LogP contribution in [0, 0.1) is 0 Å². The van der Waals surface area contributed by atoms with Gasteiger partial charge in [-0.25, -0.2) is 0 Å². The molecule has 0 radical (unpaired) electrons. The van der Waals surface area contributed by atoms with Gasteiger partial charge in [0, 0.05) is 11.1 Å². The molecule has 30 heavy (non-hydrogen) atoms. The lowest BCUT2D eigenvalue weighted by Gasteiger charge is -2.23. The minimum Gasteiger partial charge on any atom is -0.496 e. The van der Waals surface area contributed by atoms with Crippen molar-refractivity contribution in [3.05, 3.63) is 71.8 Å². The Morgan fingerprint density at radius 1 is 0.500 bits per heavy atom. The lowest BCUT2D eigenvalue weighted by Crippen LogP contribution is -2.13. The van der Waals surface area contributed by atoms with E-state index >= 15 is 0 Å². The quantitative estimate of drug-likeness (QED) is 0.446. The molecule has 0 fully saturated rings. The van der Waals surface area contributed by atoms with Crippen LogP contribution in [-0.4, -0.2) is 14.2 Å². The van der Waals surface area contributed by atoms with Gasteiger partial charge in [0.15, 0.2) is 0 Å². The van der Waals surface area contributed by atoms with Crippen LogP contribution in [0.25, 0.3) is 22.3 Å². The third-order valence-corrected chi connectivity index (χ3v) is 5.54. The van der Waals surface area contributed by atoms with Crippen molar-refractivity contribution in [2.75, 3.05) is 14.2 Å². The topological polar surface area (TPSA) is 18.5 Å². The van der Waals surface area contributed by atoms with Gasteiger partial charge in [-0.2, -0.15) is 0 Å². The summed E-state index contributed by atoms with van der Waals surface area (Å²) in [6.45, 7) is 13.3. The Hall–Kier alpha value is -2.74. The molecule has 0 N–H and O–H groups in total. The monoisotopic (exact) mass is 402 g/mol. The van der Waals surface area contributed by atoms with E-state index in [1.54, 1.807) is 14.2 Å². The van der Waals surface area contributed by atoms with Crippen LogP contribution in [0.5, 0.6) is 11.5 Å². The molecule has 0 spiro atoms. The maximum absolute atomic E-state index is 5.61. The molecule has 0 aliphatic rings. The van der Waals surface area contributed by atoms with E-state index in [9.17, 15) is 0 Å². The van der Waals surface area contributed by atoms with Gasteiger partial charge in [-0.15, -0.1) is 0 Å². The normalized spacial score (nSPS) is 12.0. The highest BCUT2D eigenvalue weighted by atomic mass is 16.5. The fraction of sp³-hybridized carbons (Fsp3) is 0.357. The van der Waals surface area contributed by atoms with Crippen LogP contribution in [0.15, 0.2) is 60.7 Å². The molecule has 158 valence electrons. The Balaban J connectivity index is 2.08. The molecule has 0 atom stereocenters. The van der Waals surface area contributed by atoms with Crippen LogP contribution in [0.4, 0.5) is 0 Å². The van der Waals surface area contributed by atoms with Crippen molar-refractivity contribution in [2.24, 2.45) is 0 Å². The molecule has 3 aromatic rings. The van der Waals surface area contributed by atoms with E-state index in [2.05, 4.69) is 102 Å². The van der Waals surface area contributed by atoms with Gasteiger partial charge in [0.1, 0.15) is 11.5 Å². The number of rotatable bonds is 4. The summed E-state index contributed by atoms with van der Waals surface area (Å²) in [6.07, 6.45) is 0. The molecule has 3 rings (SSSR count). The maximum atomic E-state index is 5.61. The zero-order chi connectivity index (χ0) is 22.1. The van der Waals surface area contributed by atoms with Crippen LogP contribution in [0.2, 0.25) is 0 Å². The number of methoxy groups -OCH3 is 2. The molecule has 2 heteroatoms. The van der Waals surface area contributed by atoms with E-state index in [4.69, 9.17) is 9.47 Å². The summed E-state index contributed by atoms with van der Waals surface area (Å²) in [6, 6.07) is 21.7. The van der Waals surface area contributed by atoms with Crippen LogP contribution in [-0.2, 0) is 10.8 Å². The molecule has 3 aromatic carbocycles. The minimum atomic E-state index is 0.0105. The van der Waals surface area contributed by atoms with Gasteiger partial charge in [0.25, 0.3) is 0 Å². The molecular weight excluding hydrogens is 368 g/mol. The lowest BCUT2D eigenvalue weighted by atomic mass is 9.83. The van der Waals surface area contributed by atoms with Crippen molar-refractivity contribution in [1.29, 1.82) is 0 Å². The van der Waals surface area contributed by atoms with E-state index in [1.807, 2.05) is 0 Å². The molecule has 0 saturated carbocycles. The average Bonchev–Trinajstić information content (AvgIpc) is 2.71. The van der Waals surface area contributed by atoms with E-state index in [1.165, 1.54) is 33.4 Å². The van der Waals surface area contributed by atoms with E-state index in [-0.39, 0.29) is 10.8 Å². The van der Waals surface area contributed by atoms with Gasteiger partial charge < -0.3 is 9.47 Å². The molecule has 0 unspecified atom stereocenters. The smallest absolute Gasteiger partial charge is 0.122 e. The first-order valence-corrected chi connectivity index (χ1v) is 10.5. The Labute approximate surface area is 181 Å². The first-order chi connectivity index (χ1) is 14.0. The lowest BCUT2D eigenvalue weighted by molar-refractivity contribution is 0.397. The van der Waals surface area contributed by atoms with Crippen molar-refractivity contribution in [3.63, 3.8) is 0 Å². The summed E-state index contributed by atoms with van der Waals surface area (Å²) in [4.78, 5) is 0. The Morgan fingerprint density at radius 3 is 1.20 bits per heavy atom. The molecule has 0 aliphatic heterocycles. The molecule has 2 nitrogen and oxygen atoms in total. The predicted octanol–water partition coefficient (Wildman–Crippen LogP) is 7.63. The summed E-state index contributed by atoms with van der Waals surface area (Å²) in [5, 5.41) is 0. The van der Waals surface area contributed by atoms with Gasteiger partial charge in [-0.3, -0.25) is 0 Å².